The second-order valence-corrected chi connectivity index (χ2v) is 8.22. The molecule has 0 N–H and O–H groups in total. The van der Waals surface area contributed by atoms with Crippen LogP contribution in [0.5, 0.6) is 0 Å². The fraction of sp³-hybridized carbons (Fsp3) is 0.591. The standard InChI is InChI=1S/C22H32N4O/c1-3-4-11-23(2)22(27)19-7-8-20-9-10-21(26(20)17-19)25-14-12-24(13-15-25)16-18-5-6-18/h7-10,17-18H,3-6,11-16H2,1-2H3. The molecule has 1 amide bonds. The minimum absolute atomic E-state index is 0.110. The fourth-order valence-electron chi connectivity index (χ4n) is 4.01. The third kappa shape index (κ3) is 4.13. The third-order valence-electron chi connectivity index (χ3n) is 5.98. The molecule has 0 bridgehead atoms. The maximum Gasteiger partial charge on any atom is 0.255 e. The zero-order chi connectivity index (χ0) is 18.8. The number of aromatic nitrogens is 1. The lowest BCUT2D eigenvalue weighted by Crippen LogP contribution is -2.47. The Morgan fingerprint density at radius 3 is 2.56 bits per heavy atom. The largest absolute Gasteiger partial charge is 0.355 e. The summed E-state index contributed by atoms with van der Waals surface area (Å²) in [5.74, 6) is 2.28. The normalized spacial score (nSPS) is 18.2. The Balaban J connectivity index is 1.48. The number of nitrogens with zero attached hydrogens (tertiary/aromatic N) is 4. The van der Waals surface area contributed by atoms with E-state index < -0.39 is 0 Å². The van der Waals surface area contributed by atoms with Gasteiger partial charge in [-0.1, -0.05) is 13.3 Å². The first-order valence-corrected chi connectivity index (χ1v) is 10.5. The number of fused-ring (bicyclic) bond motifs is 1. The number of rotatable bonds is 7. The molecule has 0 unspecified atom stereocenters. The average Bonchev–Trinajstić information content (AvgIpc) is 3.41. The molecule has 5 heteroatoms. The minimum Gasteiger partial charge on any atom is -0.355 e. The second kappa shape index (κ2) is 7.93. The zero-order valence-corrected chi connectivity index (χ0v) is 16.7. The average molecular weight is 369 g/mol. The van der Waals surface area contributed by atoms with E-state index in [2.05, 4.69) is 39.3 Å². The fourth-order valence-corrected chi connectivity index (χ4v) is 4.01. The van der Waals surface area contributed by atoms with Crippen molar-refractivity contribution in [3.63, 3.8) is 0 Å². The van der Waals surface area contributed by atoms with E-state index >= 15 is 0 Å². The molecule has 5 nitrogen and oxygen atoms in total. The molecule has 2 aromatic rings. The van der Waals surface area contributed by atoms with E-state index in [0.717, 1.165) is 62.6 Å². The first kappa shape index (κ1) is 18.4. The Bertz CT molecular complexity index is 787. The third-order valence-corrected chi connectivity index (χ3v) is 5.98. The molecule has 3 heterocycles. The topological polar surface area (TPSA) is 31.2 Å². The summed E-state index contributed by atoms with van der Waals surface area (Å²) in [6, 6.07) is 8.37. The van der Waals surface area contributed by atoms with Gasteiger partial charge in [0, 0.05) is 58.0 Å². The minimum atomic E-state index is 0.110. The summed E-state index contributed by atoms with van der Waals surface area (Å²) < 4.78 is 2.19. The van der Waals surface area contributed by atoms with Crippen molar-refractivity contribution in [2.75, 3.05) is 51.2 Å². The summed E-state index contributed by atoms with van der Waals surface area (Å²) in [6.07, 6.45) is 7.02. The maximum atomic E-state index is 12.7. The number of carbonyl (C=O) groups excluding carboxylic acids is 1. The Hall–Kier alpha value is -2.01. The number of pyridine rings is 1. The number of unbranched alkanes of at least 4 members (excludes halogenated alkanes) is 1. The molecule has 0 aromatic carbocycles. The quantitative estimate of drug-likeness (QED) is 0.751. The van der Waals surface area contributed by atoms with Crippen molar-refractivity contribution in [2.45, 2.75) is 32.6 Å². The molecule has 0 spiro atoms. The second-order valence-electron chi connectivity index (χ2n) is 8.22. The van der Waals surface area contributed by atoms with E-state index in [4.69, 9.17) is 0 Å². The van der Waals surface area contributed by atoms with Crippen molar-refractivity contribution >= 4 is 17.2 Å². The van der Waals surface area contributed by atoms with Gasteiger partial charge in [0.2, 0.25) is 0 Å². The van der Waals surface area contributed by atoms with E-state index in [9.17, 15) is 4.79 Å². The van der Waals surface area contributed by atoms with Crippen molar-refractivity contribution in [2.24, 2.45) is 5.92 Å². The summed E-state index contributed by atoms with van der Waals surface area (Å²) in [6.45, 7) is 8.66. The summed E-state index contributed by atoms with van der Waals surface area (Å²) in [5, 5.41) is 0. The summed E-state index contributed by atoms with van der Waals surface area (Å²) in [7, 11) is 1.90. The molecule has 2 aliphatic rings. The maximum absolute atomic E-state index is 12.7. The number of anilines is 1. The lowest BCUT2D eigenvalue weighted by atomic mass is 10.2. The van der Waals surface area contributed by atoms with Crippen LogP contribution >= 0.6 is 0 Å². The molecule has 27 heavy (non-hydrogen) atoms. The van der Waals surface area contributed by atoms with Crippen molar-refractivity contribution in [3.05, 3.63) is 36.0 Å². The zero-order valence-electron chi connectivity index (χ0n) is 16.7. The lowest BCUT2D eigenvalue weighted by Gasteiger charge is -2.35. The highest BCUT2D eigenvalue weighted by Gasteiger charge is 2.27. The van der Waals surface area contributed by atoms with Crippen LogP contribution in [-0.2, 0) is 0 Å². The smallest absolute Gasteiger partial charge is 0.255 e. The predicted octanol–water partition coefficient (Wildman–Crippen LogP) is 3.34. The first-order valence-electron chi connectivity index (χ1n) is 10.5. The Morgan fingerprint density at radius 2 is 1.85 bits per heavy atom. The number of carbonyl (C=O) groups is 1. The van der Waals surface area contributed by atoms with Crippen LogP contribution in [0, 0.1) is 5.92 Å². The van der Waals surface area contributed by atoms with E-state index in [1.165, 1.54) is 25.2 Å². The Labute approximate surface area is 162 Å². The molecule has 1 saturated heterocycles. The lowest BCUT2D eigenvalue weighted by molar-refractivity contribution is 0.0793. The molecule has 1 aliphatic carbocycles. The summed E-state index contributed by atoms with van der Waals surface area (Å²) in [5.41, 5.74) is 1.92. The van der Waals surface area contributed by atoms with Crippen LogP contribution in [0.1, 0.15) is 43.0 Å². The predicted molar refractivity (Wildman–Crippen MR) is 111 cm³/mol. The molecule has 1 saturated carbocycles. The van der Waals surface area contributed by atoms with Crippen LogP contribution in [0.3, 0.4) is 0 Å². The van der Waals surface area contributed by atoms with Gasteiger partial charge in [0.05, 0.1) is 5.56 Å². The molecule has 0 atom stereocenters. The van der Waals surface area contributed by atoms with Gasteiger partial charge in [0.15, 0.2) is 0 Å². The molecular weight excluding hydrogens is 336 g/mol. The van der Waals surface area contributed by atoms with Gasteiger partial charge in [-0.2, -0.15) is 0 Å². The number of hydrogen-bond acceptors (Lipinski definition) is 3. The van der Waals surface area contributed by atoms with Gasteiger partial charge >= 0.3 is 0 Å². The van der Waals surface area contributed by atoms with Gasteiger partial charge in [-0.05, 0) is 49.4 Å². The van der Waals surface area contributed by atoms with Crippen LogP contribution in [-0.4, -0.2) is 66.4 Å². The van der Waals surface area contributed by atoms with Crippen molar-refractivity contribution in [1.82, 2.24) is 14.2 Å². The van der Waals surface area contributed by atoms with Crippen LogP contribution in [0.4, 0.5) is 5.82 Å². The summed E-state index contributed by atoms with van der Waals surface area (Å²) >= 11 is 0. The van der Waals surface area contributed by atoms with Crippen LogP contribution < -0.4 is 4.90 Å². The van der Waals surface area contributed by atoms with Crippen LogP contribution in [0.15, 0.2) is 30.5 Å². The van der Waals surface area contributed by atoms with E-state index in [0.29, 0.717) is 0 Å². The van der Waals surface area contributed by atoms with Crippen molar-refractivity contribution < 1.29 is 4.79 Å². The van der Waals surface area contributed by atoms with Gasteiger partial charge in [-0.3, -0.25) is 9.69 Å². The monoisotopic (exact) mass is 368 g/mol. The van der Waals surface area contributed by atoms with E-state index in [1.54, 1.807) is 0 Å². The van der Waals surface area contributed by atoms with E-state index in [-0.39, 0.29) is 5.91 Å². The number of amides is 1. The molecule has 2 fully saturated rings. The molecular formula is C22H32N4O. The Kier molecular flexibility index (Phi) is 5.39. The number of hydrogen-bond donors (Lipinski definition) is 0. The SMILES string of the molecule is CCCCN(C)C(=O)c1ccc2ccc(N3CCN(CC4CC4)CC3)n2c1. The van der Waals surface area contributed by atoms with Crippen LogP contribution in [0.25, 0.3) is 5.52 Å². The molecule has 146 valence electrons. The number of piperazine rings is 1. The van der Waals surface area contributed by atoms with Crippen molar-refractivity contribution in [3.8, 4) is 0 Å². The molecule has 4 rings (SSSR count). The van der Waals surface area contributed by atoms with Crippen LogP contribution in [0.2, 0.25) is 0 Å². The Morgan fingerprint density at radius 1 is 1.11 bits per heavy atom. The van der Waals surface area contributed by atoms with E-state index in [1.807, 2.05) is 24.2 Å². The van der Waals surface area contributed by atoms with Crippen molar-refractivity contribution in [1.29, 1.82) is 0 Å². The highest BCUT2D eigenvalue weighted by atomic mass is 16.2. The van der Waals surface area contributed by atoms with Gasteiger partial charge < -0.3 is 14.2 Å². The van der Waals surface area contributed by atoms with Gasteiger partial charge in [-0.25, -0.2) is 0 Å². The summed E-state index contributed by atoms with van der Waals surface area (Å²) in [4.78, 5) is 19.7. The van der Waals surface area contributed by atoms with Gasteiger partial charge in [0.25, 0.3) is 5.91 Å². The highest BCUT2D eigenvalue weighted by Crippen LogP contribution is 2.30. The van der Waals surface area contributed by atoms with Gasteiger partial charge in [-0.15, -0.1) is 0 Å². The molecule has 2 aromatic heterocycles. The molecule has 0 radical (unpaired) electrons. The first-order chi connectivity index (χ1) is 13.2. The molecule has 1 aliphatic heterocycles. The van der Waals surface area contributed by atoms with Gasteiger partial charge in [0.1, 0.15) is 5.82 Å². The highest BCUT2D eigenvalue weighted by molar-refractivity contribution is 5.94.